The van der Waals surface area contributed by atoms with Crippen molar-refractivity contribution in [1.29, 1.82) is 0 Å². The molecular weight excluding hydrogens is 454 g/mol. The number of hydrogen-bond donors (Lipinski definition) is 2. The predicted molar refractivity (Wildman–Crippen MR) is 137 cm³/mol. The van der Waals surface area contributed by atoms with E-state index in [1.54, 1.807) is 48.5 Å². The molecule has 0 spiro atoms. The fourth-order valence-electron chi connectivity index (χ4n) is 3.10. The van der Waals surface area contributed by atoms with Crippen LogP contribution in [-0.4, -0.2) is 26.5 Å². The maximum absolute atomic E-state index is 12.9. The summed E-state index contributed by atoms with van der Waals surface area (Å²) in [5.41, 5.74) is 2.76. The van der Waals surface area contributed by atoms with Crippen molar-refractivity contribution in [2.75, 3.05) is 16.7 Å². The van der Waals surface area contributed by atoms with Gasteiger partial charge in [0.25, 0.3) is 15.9 Å². The molecule has 0 aliphatic rings. The van der Waals surface area contributed by atoms with E-state index in [0.717, 1.165) is 5.56 Å². The number of para-hydroxylation sites is 1. The molecule has 3 rings (SSSR count). The van der Waals surface area contributed by atoms with Crippen molar-refractivity contribution in [1.82, 2.24) is 5.32 Å². The van der Waals surface area contributed by atoms with Gasteiger partial charge in [-0.15, -0.1) is 0 Å². The molecule has 0 saturated heterocycles. The van der Waals surface area contributed by atoms with Gasteiger partial charge in [0.2, 0.25) is 0 Å². The van der Waals surface area contributed by atoms with Crippen molar-refractivity contribution in [3.05, 3.63) is 90.0 Å². The number of carbonyl (C=O) groups excluding carboxylic acids is 1. The van der Waals surface area contributed by atoms with E-state index in [2.05, 4.69) is 31.4 Å². The van der Waals surface area contributed by atoms with E-state index in [0.29, 0.717) is 16.9 Å². The molecule has 2 N–H and O–H groups in total. The van der Waals surface area contributed by atoms with Crippen molar-refractivity contribution in [2.45, 2.75) is 31.1 Å². The molecule has 8 heteroatoms. The maximum atomic E-state index is 12.9. The van der Waals surface area contributed by atoms with E-state index >= 15 is 0 Å². The molecule has 0 aromatic heterocycles. The summed E-state index contributed by atoms with van der Waals surface area (Å²) in [5, 5.41) is 5.67. The van der Waals surface area contributed by atoms with Crippen molar-refractivity contribution >= 4 is 44.6 Å². The largest absolute Gasteiger partial charge is 0.332 e. The lowest BCUT2D eigenvalue weighted by atomic mass is 9.87. The fourth-order valence-corrected chi connectivity index (χ4v) is 4.51. The third kappa shape index (κ3) is 5.97. The quantitative estimate of drug-likeness (QED) is 0.505. The molecule has 3 aromatic carbocycles. The predicted octanol–water partition coefficient (Wildman–Crippen LogP) is 4.94. The number of thiocarbonyl (C=S) groups is 1. The summed E-state index contributed by atoms with van der Waals surface area (Å²) >= 11 is 5.24. The zero-order valence-electron chi connectivity index (χ0n) is 19.0. The van der Waals surface area contributed by atoms with Gasteiger partial charge < -0.3 is 5.32 Å². The van der Waals surface area contributed by atoms with Crippen molar-refractivity contribution in [3.63, 3.8) is 0 Å². The first-order valence-electron chi connectivity index (χ1n) is 10.4. The lowest BCUT2D eigenvalue weighted by Crippen LogP contribution is -2.34. The molecule has 0 bridgehead atoms. The zero-order valence-corrected chi connectivity index (χ0v) is 20.6. The van der Waals surface area contributed by atoms with Crippen LogP contribution in [0, 0.1) is 0 Å². The molecule has 3 aromatic rings. The summed E-state index contributed by atoms with van der Waals surface area (Å²) in [6.45, 7) is 6.33. The van der Waals surface area contributed by atoms with Crippen LogP contribution in [0.2, 0.25) is 0 Å². The van der Waals surface area contributed by atoms with Gasteiger partial charge in [0.15, 0.2) is 5.11 Å². The van der Waals surface area contributed by atoms with E-state index in [1.165, 1.54) is 23.5 Å². The highest BCUT2D eigenvalue weighted by atomic mass is 32.2. The Kier molecular flexibility index (Phi) is 7.19. The number of nitrogens with zero attached hydrogens (tertiary/aromatic N) is 1. The van der Waals surface area contributed by atoms with E-state index in [4.69, 9.17) is 12.2 Å². The minimum Gasteiger partial charge on any atom is -0.332 e. The van der Waals surface area contributed by atoms with Crippen LogP contribution in [0.5, 0.6) is 0 Å². The number of rotatable bonds is 5. The molecule has 0 saturated carbocycles. The van der Waals surface area contributed by atoms with Gasteiger partial charge in [-0.1, -0.05) is 51.1 Å². The Bertz CT molecular complexity index is 1230. The molecule has 0 aliphatic carbocycles. The number of anilines is 2. The first-order chi connectivity index (χ1) is 15.5. The number of sulfonamides is 1. The van der Waals surface area contributed by atoms with E-state index in [9.17, 15) is 13.2 Å². The van der Waals surface area contributed by atoms with Gasteiger partial charge in [-0.3, -0.25) is 14.4 Å². The Hall–Kier alpha value is -3.23. The molecular formula is C25H27N3O3S2. The lowest BCUT2D eigenvalue weighted by Gasteiger charge is -2.19. The van der Waals surface area contributed by atoms with Crippen LogP contribution in [-0.2, 0) is 15.4 Å². The van der Waals surface area contributed by atoms with Gasteiger partial charge >= 0.3 is 0 Å². The average Bonchev–Trinajstić information content (AvgIpc) is 2.79. The molecule has 0 radical (unpaired) electrons. The van der Waals surface area contributed by atoms with Gasteiger partial charge in [-0.2, -0.15) is 0 Å². The molecule has 0 aliphatic heterocycles. The molecule has 33 heavy (non-hydrogen) atoms. The summed E-state index contributed by atoms with van der Waals surface area (Å²) in [6, 6.07) is 22.4. The van der Waals surface area contributed by atoms with Crippen molar-refractivity contribution < 1.29 is 13.2 Å². The van der Waals surface area contributed by atoms with Crippen LogP contribution in [0.3, 0.4) is 0 Å². The van der Waals surface area contributed by atoms with Gasteiger partial charge in [0, 0.05) is 18.3 Å². The zero-order chi connectivity index (χ0) is 24.2. The van der Waals surface area contributed by atoms with Gasteiger partial charge in [-0.05, 0) is 71.7 Å². The molecule has 6 nitrogen and oxygen atoms in total. The second-order valence-corrected chi connectivity index (χ2v) is 10.9. The topological polar surface area (TPSA) is 78.5 Å². The minimum atomic E-state index is -3.70. The van der Waals surface area contributed by atoms with Crippen LogP contribution in [0.4, 0.5) is 11.4 Å². The van der Waals surface area contributed by atoms with Crippen molar-refractivity contribution in [2.24, 2.45) is 0 Å². The minimum absolute atomic E-state index is 0.00140. The van der Waals surface area contributed by atoms with E-state index < -0.39 is 10.0 Å². The smallest absolute Gasteiger partial charge is 0.264 e. The molecule has 172 valence electrons. The number of carbonyl (C=O) groups is 1. The Balaban J connectivity index is 1.63. The van der Waals surface area contributed by atoms with Crippen LogP contribution >= 0.6 is 12.2 Å². The van der Waals surface area contributed by atoms with Crippen molar-refractivity contribution in [3.8, 4) is 0 Å². The Morgan fingerprint density at radius 1 is 0.879 bits per heavy atom. The average molecular weight is 482 g/mol. The number of benzene rings is 3. The van der Waals surface area contributed by atoms with Gasteiger partial charge in [-0.25, -0.2) is 8.42 Å². The third-order valence-corrected chi connectivity index (χ3v) is 7.13. The van der Waals surface area contributed by atoms with Crippen LogP contribution in [0.25, 0.3) is 0 Å². The molecule has 0 fully saturated rings. The third-order valence-electron chi connectivity index (χ3n) is 5.13. The van der Waals surface area contributed by atoms with Gasteiger partial charge in [0.05, 0.1) is 10.6 Å². The summed E-state index contributed by atoms with van der Waals surface area (Å²) in [6.07, 6.45) is 0. The first-order valence-corrected chi connectivity index (χ1v) is 12.2. The lowest BCUT2D eigenvalue weighted by molar-refractivity contribution is 0.0977. The Morgan fingerprint density at radius 2 is 1.45 bits per heavy atom. The maximum Gasteiger partial charge on any atom is 0.264 e. The highest BCUT2D eigenvalue weighted by Gasteiger charge is 2.21. The first kappa shape index (κ1) is 24.4. The summed E-state index contributed by atoms with van der Waals surface area (Å²) in [7, 11) is -2.19. The second kappa shape index (κ2) is 9.72. The summed E-state index contributed by atoms with van der Waals surface area (Å²) in [4.78, 5) is 12.6. The summed E-state index contributed by atoms with van der Waals surface area (Å²) in [5.74, 6) is -0.323. The summed E-state index contributed by atoms with van der Waals surface area (Å²) < 4.78 is 27.0. The van der Waals surface area contributed by atoms with Crippen LogP contribution < -0.4 is 14.9 Å². The fraction of sp³-hybridized carbons (Fsp3) is 0.200. The van der Waals surface area contributed by atoms with E-state index in [1.807, 2.05) is 18.2 Å². The normalized spacial score (nSPS) is 11.5. The SMILES string of the molecule is CN(c1ccccc1)S(=O)(=O)c1ccc(NC(=S)NC(=O)c2ccc(C(C)(C)C)cc2)cc1. The molecule has 0 atom stereocenters. The molecule has 1 amide bonds. The number of hydrogen-bond acceptors (Lipinski definition) is 4. The van der Waals surface area contributed by atoms with Crippen LogP contribution in [0.15, 0.2) is 83.8 Å². The second-order valence-electron chi connectivity index (χ2n) is 8.57. The van der Waals surface area contributed by atoms with E-state index in [-0.39, 0.29) is 21.3 Å². The standard InChI is InChI=1S/C25H27N3O3S2/c1-25(2,3)19-12-10-18(11-13-19)23(29)27-24(32)26-20-14-16-22(17-15-20)33(30,31)28(4)21-8-6-5-7-9-21/h5-17H,1-4H3,(H2,26,27,29,32). The Labute approximate surface area is 200 Å². The molecule has 0 heterocycles. The van der Waals surface area contributed by atoms with Crippen LogP contribution in [0.1, 0.15) is 36.7 Å². The number of amides is 1. The molecule has 0 unspecified atom stereocenters. The highest BCUT2D eigenvalue weighted by molar-refractivity contribution is 7.92. The Morgan fingerprint density at radius 3 is 2.00 bits per heavy atom. The highest BCUT2D eigenvalue weighted by Crippen LogP contribution is 2.23. The number of nitrogens with one attached hydrogen (secondary N) is 2. The monoisotopic (exact) mass is 481 g/mol. The van der Waals surface area contributed by atoms with Gasteiger partial charge in [0.1, 0.15) is 0 Å².